The first kappa shape index (κ1) is 13.2. The molecule has 0 spiro atoms. The van der Waals surface area contributed by atoms with E-state index in [4.69, 9.17) is 0 Å². The van der Waals surface area contributed by atoms with Gasteiger partial charge in [0.05, 0.1) is 0 Å². The third kappa shape index (κ3) is 5.32. The van der Waals surface area contributed by atoms with Gasteiger partial charge >= 0.3 is 0 Å². The fourth-order valence-electron chi connectivity index (χ4n) is 1.91. The lowest BCUT2D eigenvalue weighted by molar-refractivity contribution is 0.381. The minimum atomic E-state index is 0.378. The quantitative estimate of drug-likeness (QED) is 0.764. The van der Waals surface area contributed by atoms with E-state index in [0.717, 1.165) is 19.5 Å². The Morgan fingerprint density at radius 3 is 2.06 bits per heavy atom. The average molecular weight is 219 g/mol. The van der Waals surface area contributed by atoms with E-state index in [1.165, 1.54) is 16.7 Å². The van der Waals surface area contributed by atoms with E-state index in [2.05, 4.69) is 58.1 Å². The van der Waals surface area contributed by atoms with Crippen molar-refractivity contribution >= 4 is 0 Å². The third-order valence-corrected chi connectivity index (χ3v) is 2.53. The van der Waals surface area contributed by atoms with Gasteiger partial charge in [0.2, 0.25) is 0 Å². The molecule has 0 saturated carbocycles. The fraction of sp³-hybridized carbons (Fsp3) is 0.600. The van der Waals surface area contributed by atoms with Gasteiger partial charge in [-0.25, -0.2) is 0 Å². The molecule has 0 bridgehead atoms. The van der Waals surface area contributed by atoms with Gasteiger partial charge in [-0.15, -0.1) is 0 Å². The molecule has 1 heteroatoms. The van der Waals surface area contributed by atoms with Crippen molar-refractivity contribution in [3.63, 3.8) is 0 Å². The summed E-state index contributed by atoms with van der Waals surface area (Å²) in [7, 11) is 0. The Labute approximate surface area is 100 Å². The summed E-state index contributed by atoms with van der Waals surface area (Å²) in [6.45, 7) is 13.3. The van der Waals surface area contributed by atoms with Crippen LogP contribution in [0, 0.1) is 19.3 Å². The minimum Gasteiger partial charge on any atom is -0.316 e. The maximum Gasteiger partial charge on any atom is 0.000000406 e. The summed E-state index contributed by atoms with van der Waals surface area (Å²) in [6.07, 6.45) is 1.12. The molecule has 0 radical (unpaired) electrons. The van der Waals surface area contributed by atoms with Gasteiger partial charge in [0.15, 0.2) is 0 Å². The maximum atomic E-state index is 3.51. The molecule has 0 amide bonds. The van der Waals surface area contributed by atoms with E-state index in [9.17, 15) is 0 Å². The van der Waals surface area contributed by atoms with Crippen molar-refractivity contribution in [2.75, 3.05) is 13.1 Å². The van der Waals surface area contributed by atoms with Gasteiger partial charge in [-0.2, -0.15) is 0 Å². The zero-order chi connectivity index (χ0) is 12.2. The van der Waals surface area contributed by atoms with Gasteiger partial charge in [-0.3, -0.25) is 0 Å². The molecule has 0 saturated heterocycles. The third-order valence-electron chi connectivity index (χ3n) is 2.53. The second kappa shape index (κ2) is 5.49. The number of aryl methyl sites for hydroxylation is 2. The van der Waals surface area contributed by atoms with Gasteiger partial charge in [-0.05, 0) is 37.8 Å². The lowest BCUT2D eigenvalue weighted by atomic mass is 9.97. The molecule has 0 aliphatic rings. The van der Waals surface area contributed by atoms with Crippen LogP contribution >= 0.6 is 0 Å². The van der Waals surface area contributed by atoms with Crippen molar-refractivity contribution in [2.45, 2.75) is 41.0 Å². The highest BCUT2D eigenvalue weighted by atomic mass is 14.9. The molecular formula is C15H25N. The van der Waals surface area contributed by atoms with Crippen LogP contribution < -0.4 is 5.32 Å². The highest BCUT2D eigenvalue weighted by Gasteiger charge is 2.08. The monoisotopic (exact) mass is 219 g/mol. The van der Waals surface area contributed by atoms with Crippen LogP contribution in [0.5, 0.6) is 0 Å². The second-order valence-corrected chi connectivity index (χ2v) is 5.98. The van der Waals surface area contributed by atoms with Crippen LogP contribution in [0.4, 0.5) is 0 Å². The Balaban J connectivity index is 2.37. The Morgan fingerprint density at radius 1 is 1.00 bits per heavy atom. The van der Waals surface area contributed by atoms with Crippen LogP contribution in [0.1, 0.15) is 37.5 Å². The van der Waals surface area contributed by atoms with E-state index in [1.54, 1.807) is 0 Å². The fourth-order valence-corrected chi connectivity index (χ4v) is 1.91. The molecule has 0 aliphatic heterocycles. The molecular weight excluding hydrogens is 194 g/mol. The standard InChI is InChI=1S/C15H25N/c1-12-8-13(2)10-14(9-12)6-7-16-11-15(3,4)5/h8-10,16H,6-7,11H2,1-5H3. The van der Waals surface area contributed by atoms with Gasteiger partial charge in [0.1, 0.15) is 0 Å². The van der Waals surface area contributed by atoms with Crippen molar-refractivity contribution in [2.24, 2.45) is 5.41 Å². The summed E-state index contributed by atoms with van der Waals surface area (Å²) >= 11 is 0. The zero-order valence-electron chi connectivity index (χ0n) is 11.4. The number of hydrogen-bond acceptors (Lipinski definition) is 1. The highest BCUT2D eigenvalue weighted by Crippen LogP contribution is 2.11. The Morgan fingerprint density at radius 2 is 1.56 bits per heavy atom. The molecule has 0 atom stereocenters. The Bertz CT molecular complexity index is 314. The molecule has 0 aliphatic carbocycles. The number of benzene rings is 1. The summed E-state index contributed by atoms with van der Waals surface area (Å²) in [5, 5.41) is 3.51. The van der Waals surface area contributed by atoms with Gasteiger partial charge in [-0.1, -0.05) is 50.1 Å². The molecule has 90 valence electrons. The van der Waals surface area contributed by atoms with E-state index >= 15 is 0 Å². The van der Waals surface area contributed by atoms with E-state index in [1.807, 2.05) is 0 Å². The van der Waals surface area contributed by atoms with Crippen molar-refractivity contribution < 1.29 is 0 Å². The summed E-state index contributed by atoms with van der Waals surface area (Å²) in [5.74, 6) is 0. The largest absolute Gasteiger partial charge is 0.316 e. The molecule has 1 aromatic rings. The van der Waals surface area contributed by atoms with Crippen LogP contribution in [-0.2, 0) is 6.42 Å². The summed E-state index contributed by atoms with van der Waals surface area (Å²) in [4.78, 5) is 0. The minimum absolute atomic E-state index is 0.378. The number of nitrogens with one attached hydrogen (secondary N) is 1. The SMILES string of the molecule is Cc1cc(C)cc(CCNCC(C)(C)C)c1. The highest BCUT2D eigenvalue weighted by molar-refractivity contribution is 5.28. The summed E-state index contributed by atoms with van der Waals surface area (Å²) < 4.78 is 0. The zero-order valence-corrected chi connectivity index (χ0v) is 11.4. The van der Waals surface area contributed by atoms with E-state index in [-0.39, 0.29) is 0 Å². The second-order valence-electron chi connectivity index (χ2n) is 5.98. The molecule has 0 aromatic heterocycles. The van der Waals surface area contributed by atoms with Crippen molar-refractivity contribution in [1.29, 1.82) is 0 Å². The van der Waals surface area contributed by atoms with E-state index < -0.39 is 0 Å². The van der Waals surface area contributed by atoms with Crippen LogP contribution in [0.2, 0.25) is 0 Å². The maximum absolute atomic E-state index is 3.51. The summed E-state index contributed by atoms with van der Waals surface area (Å²) in [6, 6.07) is 6.80. The van der Waals surface area contributed by atoms with Crippen molar-refractivity contribution in [3.05, 3.63) is 34.9 Å². The Kier molecular flexibility index (Phi) is 4.55. The molecule has 0 fully saturated rings. The lowest BCUT2D eigenvalue weighted by Crippen LogP contribution is -2.28. The van der Waals surface area contributed by atoms with Crippen molar-refractivity contribution in [3.8, 4) is 0 Å². The molecule has 1 N–H and O–H groups in total. The lowest BCUT2D eigenvalue weighted by Gasteiger charge is -2.18. The molecule has 1 aromatic carbocycles. The van der Waals surface area contributed by atoms with Gasteiger partial charge < -0.3 is 5.32 Å². The number of hydrogen-bond donors (Lipinski definition) is 1. The van der Waals surface area contributed by atoms with Crippen LogP contribution in [-0.4, -0.2) is 13.1 Å². The first-order chi connectivity index (χ1) is 7.37. The molecule has 0 unspecified atom stereocenters. The molecule has 1 rings (SSSR count). The number of rotatable bonds is 4. The first-order valence-electron chi connectivity index (χ1n) is 6.15. The normalized spacial score (nSPS) is 11.8. The molecule has 16 heavy (non-hydrogen) atoms. The van der Waals surface area contributed by atoms with Crippen LogP contribution in [0.25, 0.3) is 0 Å². The topological polar surface area (TPSA) is 12.0 Å². The smallest absolute Gasteiger partial charge is 0.000000406 e. The van der Waals surface area contributed by atoms with E-state index in [0.29, 0.717) is 5.41 Å². The van der Waals surface area contributed by atoms with Crippen molar-refractivity contribution in [1.82, 2.24) is 5.32 Å². The average Bonchev–Trinajstić information content (AvgIpc) is 2.09. The van der Waals surface area contributed by atoms with Crippen LogP contribution in [0.15, 0.2) is 18.2 Å². The predicted octanol–water partition coefficient (Wildman–Crippen LogP) is 3.48. The predicted molar refractivity (Wildman–Crippen MR) is 71.9 cm³/mol. The molecule has 0 heterocycles. The van der Waals surface area contributed by atoms with Gasteiger partial charge in [0.25, 0.3) is 0 Å². The Hall–Kier alpha value is -0.820. The van der Waals surface area contributed by atoms with Gasteiger partial charge in [0, 0.05) is 6.54 Å². The summed E-state index contributed by atoms with van der Waals surface area (Å²) in [5.41, 5.74) is 4.55. The first-order valence-corrected chi connectivity index (χ1v) is 6.15. The molecule has 1 nitrogen and oxygen atoms in total. The van der Waals surface area contributed by atoms with Crippen LogP contribution in [0.3, 0.4) is 0 Å².